The average Bonchev–Trinajstić information content (AvgIpc) is 3.07. The molecule has 1 aliphatic heterocycles. The van der Waals surface area contributed by atoms with Crippen LogP contribution in [0.2, 0.25) is 0 Å². The Kier molecular flexibility index (Phi) is 3.74. The Labute approximate surface area is 123 Å². The number of aryl methyl sites for hydroxylation is 2. The predicted octanol–water partition coefficient (Wildman–Crippen LogP) is 1.10. The van der Waals surface area contributed by atoms with E-state index in [1.54, 1.807) is 17.8 Å². The number of anilines is 1. The van der Waals surface area contributed by atoms with Gasteiger partial charge < -0.3 is 10.6 Å². The van der Waals surface area contributed by atoms with Crippen LogP contribution in [0.5, 0.6) is 0 Å². The van der Waals surface area contributed by atoms with Gasteiger partial charge in [0.05, 0.1) is 11.7 Å². The van der Waals surface area contributed by atoms with E-state index >= 15 is 0 Å². The lowest BCUT2D eigenvalue weighted by atomic mass is 10.1. The molecule has 3 rings (SSSR count). The van der Waals surface area contributed by atoms with Crippen LogP contribution >= 0.6 is 0 Å². The van der Waals surface area contributed by atoms with Crippen LogP contribution < -0.4 is 10.6 Å². The molecule has 7 heteroatoms. The van der Waals surface area contributed by atoms with Crippen molar-refractivity contribution < 1.29 is 4.79 Å². The third-order valence-electron chi connectivity index (χ3n) is 3.73. The van der Waals surface area contributed by atoms with Crippen molar-refractivity contribution in [3.63, 3.8) is 0 Å². The maximum Gasteiger partial charge on any atom is 0.277 e. The summed E-state index contributed by atoms with van der Waals surface area (Å²) in [7, 11) is 1.80. The third kappa shape index (κ3) is 2.97. The molecule has 0 spiro atoms. The Hall–Kier alpha value is -2.15. The summed E-state index contributed by atoms with van der Waals surface area (Å²) in [6, 6.07) is 3.92. The van der Waals surface area contributed by atoms with E-state index in [4.69, 9.17) is 0 Å². The van der Waals surface area contributed by atoms with Crippen molar-refractivity contribution >= 4 is 11.7 Å². The lowest BCUT2D eigenvalue weighted by Crippen LogP contribution is -2.32. The maximum absolute atomic E-state index is 12.2. The molecule has 0 bridgehead atoms. The van der Waals surface area contributed by atoms with E-state index in [9.17, 15) is 4.79 Å². The van der Waals surface area contributed by atoms with Crippen molar-refractivity contribution in [2.45, 2.75) is 25.8 Å². The normalized spacial score (nSPS) is 18.7. The summed E-state index contributed by atoms with van der Waals surface area (Å²) < 4.78 is 3.53. The Morgan fingerprint density at radius 2 is 2.33 bits per heavy atom. The predicted molar refractivity (Wildman–Crippen MR) is 79.3 cm³/mol. The van der Waals surface area contributed by atoms with Gasteiger partial charge in [-0.05, 0) is 32.4 Å². The standard InChI is InChI=1S/C14H20N6O/c1-10-8-13(19(2)17-10)16-14(21)12-5-7-20(18-12)11-4-3-6-15-9-11/h5,7-8,11,15H,3-4,6,9H2,1-2H3,(H,16,21). The summed E-state index contributed by atoms with van der Waals surface area (Å²) in [5.74, 6) is 0.465. The smallest absolute Gasteiger partial charge is 0.277 e. The molecule has 1 aliphatic rings. The molecule has 0 aliphatic carbocycles. The largest absolute Gasteiger partial charge is 0.315 e. The van der Waals surface area contributed by atoms with Gasteiger partial charge in [0.2, 0.25) is 0 Å². The summed E-state index contributed by atoms with van der Waals surface area (Å²) >= 11 is 0. The van der Waals surface area contributed by atoms with E-state index in [2.05, 4.69) is 20.8 Å². The number of carbonyl (C=O) groups is 1. The zero-order valence-corrected chi connectivity index (χ0v) is 12.3. The molecule has 2 aromatic heterocycles. The van der Waals surface area contributed by atoms with Crippen LogP contribution in [0, 0.1) is 6.92 Å². The number of nitrogens with zero attached hydrogens (tertiary/aromatic N) is 4. The van der Waals surface area contributed by atoms with Crippen molar-refractivity contribution in [3.8, 4) is 0 Å². The highest BCUT2D eigenvalue weighted by Gasteiger charge is 2.18. The van der Waals surface area contributed by atoms with Gasteiger partial charge in [0.1, 0.15) is 5.82 Å². The van der Waals surface area contributed by atoms with Crippen LogP contribution in [0.15, 0.2) is 18.3 Å². The Morgan fingerprint density at radius 3 is 3.00 bits per heavy atom. The molecule has 0 aromatic carbocycles. The molecule has 7 nitrogen and oxygen atoms in total. The van der Waals surface area contributed by atoms with E-state index in [1.807, 2.05) is 23.9 Å². The number of hydrogen-bond acceptors (Lipinski definition) is 4. The number of hydrogen-bond donors (Lipinski definition) is 2. The number of amides is 1. The number of rotatable bonds is 3. The van der Waals surface area contributed by atoms with Gasteiger partial charge >= 0.3 is 0 Å². The second kappa shape index (κ2) is 5.69. The van der Waals surface area contributed by atoms with E-state index in [1.165, 1.54) is 0 Å². The van der Waals surface area contributed by atoms with E-state index < -0.39 is 0 Å². The SMILES string of the molecule is Cc1cc(NC(=O)c2ccn(C3CCCNC3)n2)n(C)n1. The van der Waals surface area contributed by atoms with Gasteiger partial charge in [0.25, 0.3) is 5.91 Å². The average molecular weight is 288 g/mol. The van der Waals surface area contributed by atoms with Crippen LogP contribution in [0.1, 0.15) is 35.1 Å². The van der Waals surface area contributed by atoms with Crippen molar-refractivity contribution in [2.24, 2.45) is 7.05 Å². The van der Waals surface area contributed by atoms with Crippen LogP contribution in [-0.2, 0) is 7.05 Å². The van der Waals surface area contributed by atoms with Gasteiger partial charge in [-0.2, -0.15) is 10.2 Å². The van der Waals surface area contributed by atoms with Gasteiger partial charge in [-0.3, -0.25) is 14.2 Å². The minimum Gasteiger partial charge on any atom is -0.315 e. The van der Waals surface area contributed by atoms with Gasteiger partial charge in [-0.25, -0.2) is 0 Å². The number of carbonyl (C=O) groups excluding carboxylic acids is 1. The van der Waals surface area contributed by atoms with Crippen LogP contribution in [-0.4, -0.2) is 38.6 Å². The fraction of sp³-hybridized carbons (Fsp3) is 0.500. The fourth-order valence-electron chi connectivity index (χ4n) is 2.63. The second-order valence-electron chi connectivity index (χ2n) is 5.43. The van der Waals surface area contributed by atoms with E-state index in [0.29, 0.717) is 17.6 Å². The van der Waals surface area contributed by atoms with E-state index in [-0.39, 0.29) is 5.91 Å². The van der Waals surface area contributed by atoms with Crippen molar-refractivity contribution in [1.29, 1.82) is 0 Å². The Balaban J connectivity index is 1.70. The quantitative estimate of drug-likeness (QED) is 0.887. The van der Waals surface area contributed by atoms with Gasteiger partial charge in [-0.15, -0.1) is 0 Å². The summed E-state index contributed by atoms with van der Waals surface area (Å²) in [5, 5.41) is 14.8. The lowest BCUT2D eigenvalue weighted by molar-refractivity contribution is 0.102. The van der Waals surface area contributed by atoms with Crippen LogP contribution in [0.25, 0.3) is 0 Å². The first kappa shape index (κ1) is 13.8. The minimum absolute atomic E-state index is 0.208. The molecule has 3 heterocycles. The first-order chi connectivity index (χ1) is 10.1. The van der Waals surface area contributed by atoms with Crippen molar-refractivity contribution in [1.82, 2.24) is 24.9 Å². The second-order valence-corrected chi connectivity index (χ2v) is 5.43. The maximum atomic E-state index is 12.2. The molecule has 0 saturated carbocycles. The molecule has 112 valence electrons. The molecule has 1 saturated heterocycles. The van der Waals surface area contributed by atoms with Crippen LogP contribution in [0.4, 0.5) is 5.82 Å². The minimum atomic E-state index is -0.208. The summed E-state index contributed by atoms with van der Waals surface area (Å²) in [6.07, 6.45) is 4.11. The van der Waals surface area contributed by atoms with E-state index in [0.717, 1.165) is 31.6 Å². The van der Waals surface area contributed by atoms with Crippen molar-refractivity contribution in [3.05, 3.63) is 29.7 Å². The Morgan fingerprint density at radius 1 is 1.48 bits per heavy atom. The van der Waals surface area contributed by atoms with Crippen LogP contribution in [0.3, 0.4) is 0 Å². The molecule has 21 heavy (non-hydrogen) atoms. The highest BCUT2D eigenvalue weighted by Crippen LogP contribution is 2.16. The Bertz CT molecular complexity index is 638. The molecular weight excluding hydrogens is 268 g/mol. The fourth-order valence-corrected chi connectivity index (χ4v) is 2.63. The number of nitrogens with one attached hydrogen (secondary N) is 2. The third-order valence-corrected chi connectivity index (χ3v) is 3.73. The topological polar surface area (TPSA) is 76.8 Å². The monoisotopic (exact) mass is 288 g/mol. The summed E-state index contributed by atoms with van der Waals surface area (Å²) in [6.45, 7) is 3.86. The first-order valence-corrected chi connectivity index (χ1v) is 7.21. The molecular formula is C14H20N6O. The van der Waals surface area contributed by atoms with Gasteiger partial charge in [-0.1, -0.05) is 0 Å². The van der Waals surface area contributed by atoms with Gasteiger partial charge in [0.15, 0.2) is 5.69 Å². The molecule has 1 amide bonds. The zero-order valence-electron chi connectivity index (χ0n) is 12.3. The zero-order chi connectivity index (χ0) is 14.8. The molecule has 1 fully saturated rings. The number of piperidine rings is 1. The highest BCUT2D eigenvalue weighted by atomic mass is 16.2. The molecule has 1 unspecified atom stereocenters. The lowest BCUT2D eigenvalue weighted by Gasteiger charge is -2.22. The highest BCUT2D eigenvalue weighted by molar-refractivity contribution is 6.02. The molecule has 2 aromatic rings. The summed E-state index contributed by atoms with van der Waals surface area (Å²) in [5.41, 5.74) is 1.30. The van der Waals surface area contributed by atoms with Gasteiger partial charge in [0, 0.05) is 25.9 Å². The molecule has 0 radical (unpaired) electrons. The van der Waals surface area contributed by atoms with Crippen molar-refractivity contribution in [2.75, 3.05) is 18.4 Å². The first-order valence-electron chi connectivity index (χ1n) is 7.21. The summed E-state index contributed by atoms with van der Waals surface area (Å²) in [4.78, 5) is 12.2. The number of aromatic nitrogens is 4. The molecule has 2 N–H and O–H groups in total. The molecule has 1 atom stereocenters.